The molecule has 1 saturated heterocycles. The Labute approximate surface area is 380 Å². The van der Waals surface area contributed by atoms with Gasteiger partial charge in [-0.1, -0.05) is 74.5 Å². The summed E-state index contributed by atoms with van der Waals surface area (Å²) in [5.74, 6) is -6.21. The fourth-order valence-electron chi connectivity index (χ4n) is 10.2. The van der Waals surface area contributed by atoms with Crippen molar-refractivity contribution in [1.29, 1.82) is 0 Å². The van der Waals surface area contributed by atoms with Crippen LogP contribution in [0.3, 0.4) is 0 Å². The number of carbonyl (C=O) groups is 6. The molecule has 18 heteroatoms. The molecule has 354 valence electrons. The maximum atomic E-state index is 15.5. The molecule has 66 heavy (non-hydrogen) atoms. The Kier molecular flexibility index (Phi) is 14.3. The van der Waals surface area contributed by atoms with Crippen LogP contribution in [0.5, 0.6) is 5.75 Å². The summed E-state index contributed by atoms with van der Waals surface area (Å²) in [6.07, 6.45) is -13.2. The van der Waals surface area contributed by atoms with Crippen molar-refractivity contribution in [2.45, 2.75) is 115 Å². The predicted molar refractivity (Wildman–Crippen MR) is 229 cm³/mol. The molecule has 18 nitrogen and oxygen atoms in total. The molecule has 3 fully saturated rings. The van der Waals surface area contributed by atoms with Crippen LogP contribution < -0.4 is 10.5 Å². The van der Waals surface area contributed by atoms with Crippen molar-refractivity contribution in [3.05, 3.63) is 113 Å². The SMILES string of the molecule is CC(=O)O[C@H]1C(=O)[C@@]2(C)[C@H]([C@@H](OC(=O)c3ccccc3)[C@]3(O)C[C@H](OC(=O)[C@H](O)[C@@H](N)c4ccc(OCc5ccccc5)cc4)C(C)=C1C3(C)C)C1(OC(C)=O)CO[C@@H]1[C@H](O)[C@@H]2O.O=CO. The molecule has 12 atom stereocenters. The molecule has 1 aliphatic heterocycles. The van der Waals surface area contributed by atoms with E-state index in [-0.39, 0.29) is 23.2 Å². The minimum absolute atomic E-state index is 0.0322. The highest BCUT2D eigenvalue weighted by molar-refractivity contribution is 5.95. The van der Waals surface area contributed by atoms with Crippen molar-refractivity contribution >= 4 is 36.1 Å². The molecule has 0 aromatic heterocycles. The van der Waals surface area contributed by atoms with Crippen LogP contribution in [0, 0.1) is 16.7 Å². The van der Waals surface area contributed by atoms with E-state index in [9.17, 15) is 39.6 Å². The fourth-order valence-corrected chi connectivity index (χ4v) is 10.2. The summed E-state index contributed by atoms with van der Waals surface area (Å²) in [7, 11) is 0. The molecule has 2 saturated carbocycles. The van der Waals surface area contributed by atoms with Crippen molar-refractivity contribution in [3.63, 3.8) is 0 Å². The second-order valence-electron chi connectivity index (χ2n) is 17.7. The number of ketones is 1. The van der Waals surface area contributed by atoms with Gasteiger partial charge in [0.25, 0.3) is 6.47 Å². The van der Waals surface area contributed by atoms with Crippen LogP contribution in [-0.2, 0) is 54.3 Å². The maximum Gasteiger partial charge on any atom is 0.338 e. The van der Waals surface area contributed by atoms with Gasteiger partial charge in [-0.15, -0.1) is 0 Å². The largest absolute Gasteiger partial charge is 0.489 e. The highest BCUT2D eigenvalue weighted by atomic mass is 16.6. The van der Waals surface area contributed by atoms with Gasteiger partial charge in [0, 0.05) is 25.7 Å². The molecule has 3 aromatic carbocycles. The molecular formula is C48H55NO17. The predicted octanol–water partition coefficient (Wildman–Crippen LogP) is 2.52. The van der Waals surface area contributed by atoms with E-state index < -0.39 is 119 Å². The van der Waals surface area contributed by atoms with Gasteiger partial charge < -0.3 is 59.7 Å². The fraction of sp³-hybridized carbons (Fsp3) is 0.458. The Balaban J connectivity index is 0.00000234. The zero-order chi connectivity index (χ0) is 48.5. The Morgan fingerprint density at radius 2 is 1.48 bits per heavy atom. The Hall–Kier alpha value is -6.02. The monoisotopic (exact) mass is 917 g/mol. The van der Waals surface area contributed by atoms with Crippen LogP contribution in [0.4, 0.5) is 0 Å². The third-order valence-electron chi connectivity index (χ3n) is 13.6. The van der Waals surface area contributed by atoms with Crippen LogP contribution in [-0.4, -0.2) is 122 Å². The van der Waals surface area contributed by atoms with E-state index in [0.717, 1.165) is 19.4 Å². The number of fused-ring (bicyclic) bond motifs is 5. The van der Waals surface area contributed by atoms with Crippen molar-refractivity contribution in [3.8, 4) is 5.75 Å². The van der Waals surface area contributed by atoms with E-state index in [1.807, 2.05) is 30.3 Å². The maximum absolute atomic E-state index is 15.5. The summed E-state index contributed by atoms with van der Waals surface area (Å²) < 4.78 is 35.6. The van der Waals surface area contributed by atoms with Gasteiger partial charge >= 0.3 is 23.9 Å². The van der Waals surface area contributed by atoms with Gasteiger partial charge in [-0.3, -0.25) is 19.2 Å². The normalized spacial score (nSPS) is 31.5. The number of nitrogens with two attached hydrogens (primary N) is 1. The molecular weight excluding hydrogens is 863 g/mol. The van der Waals surface area contributed by atoms with E-state index in [1.54, 1.807) is 42.5 Å². The summed E-state index contributed by atoms with van der Waals surface area (Å²) in [5.41, 5.74) is -0.645. The zero-order valence-corrected chi connectivity index (χ0v) is 37.2. The van der Waals surface area contributed by atoms with Crippen LogP contribution in [0.1, 0.15) is 75.5 Å². The van der Waals surface area contributed by atoms with E-state index in [2.05, 4.69) is 0 Å². The summed E-state index contributed by atoms with van der Waals surface area (Å²) >= 11 is 0. The topological polar surface area (TPSA) is 285 Å². The first-order valence-corrected chi connectivity index (χ1v) is 21.2. The lowest BCUT2D eigenvalue weighted by Crippen LogP contribution is -2.85. The third-order valence-corrected chi connectivity index (χ3v) is 13.6. The number of esters is 4. The third kappa shape index (κ3) is 8.60. The Morgan fingerprint density at radius 3 is 2.03 bits per heavy atom. The number of aliphatic hydroxyl groups excluding tert-OH is 3. The minimum Gasteiger partial charge on any atom is -0.489 e. The Bertz CT molecular complexity index is 2340. The van der Waals surface area contributed by atoms with Crippen molar-refractivity contribution < 1.29 is 82.7 Å². The average Bonchev–Trinajstić information content (AvgIpc) is 3.27. The van der Waals surface area contributed by atoms with E-state index in [1.165, 1.54) is 39.8 Å². The molecule has 3 aromatic rings. The number of aliphatic hydroxyl groups is 4. The summed E-state index contributed by atoms with van der Waals surface area (Å²) in [6, 6.07) is 22.4. The van der Waals surface area contributed by atoms with Gasteiger partial charge in [0.15, 0.2) is 23.6 Å². The first-order chi connectivity index (χ1) is 31.1. The van der Waals surface area contributed by atoms with Gasteiger partial charge in [-0.2, -0.15) is 0 Å². The van der Waals surface area contributed by atoms with Crippen molar-refractivity contribution in [2.75, 3.05) is 6.61 Å². The highest BCUT2D eigenvalue weighted by Crippen LogP contribution is 2.64. The number of hydrogen-bond donors (Lipinski definition) is 6. The minimum atomic E-state index is -2.44. The number of ether oxygens (including phenoxy) is 6. The number of Topliss-reactive ketones (excluding diaryl/α,β-unsaturated/α-hetero) is 1. The molecule has 0 spiro atoms. The van der Waals surface area contributed by atoms with Gasteiger partial charge in [-0.05, 0) is 60.4 Å². The van der Waals surface area contributed by atoms with Crippen LogP contribution >= 0.6 is 0 Å². The second-order valence-corrected chi connectivity index (χ2v) is 17.7. The lowest BCUT2D eigenvalue weighted by atomic mass is 9.44. The zero-order valence-electron chi connectivity index (χ0n) is 37.2. The number of hydrogen-bond acceptors (Lipinski definition) is 17. The lowest BCUT2D eigenvalue weighted by molar-refractivity contribution is -0.369. The van der Waals surface area contributed by atoms with Crippen molar-refractivity contribution in [1.82, 2.24) is 0 Å². The number of carbonyl (C=O) groups excluding carboxylic acids is 5. The van der Waals surface area contributed by atoms with Gasteiger partial charge in [0.1, 0.15) is 42.4 Å². The number of rotatable bonds is 11. The summed E-state index contributed by atoms with van der Waals surface area (Å²) in [5, 5.41) is 55.5. The smallest absolute Gasteiger partial charge is 0.338 e. The summed E-state index contributed by atoms with van der Waals surface area (Å²) in [4.78, 5) is 77.9. The van der Waals surface area contributed by atoms with Crippen LogP contribution in [0.15, 0.2) is 96.1 Å². The standard InChI is InChI=1S/C47H53NO15.CH2O2/c1-24-31(61-43(56)34(51)33(48)28-17-19-30(20-18-28)58-22-27-13-9-7-10-14-27)21-47(57)41(62-42(55)29-15-11-8-12-16-29)37-45(6,39(54)36(60-25(2)49)32(24)44(47,4)5)38(53)35(52)40-46(37,23-59-40)63-26(3)50;2-1-3/h7-20,31,33-38,40-41,51-53,57H,21-23,48H2,1-6H3;1H,(H,2,3)/t31-,33-,34+,35+,36+,37-,38-,40+,41+,45-,46?,47+;/m0./s1. The molecule has 1 heterocycles. The molecule has 7 N–H and O–H groups in total. The van der Waals surface area contributed by atoms with Gasteiger partial charge in [0.05, 0.1) is 35.6 Å². The molecule has 2 bridgehead atoms. The van der Waals surface area contributed by atoms with Crippen molar-refractivity contribution in [2.24, 2.45) is 22.5 Å². The number of carboxylic acid groups (broad SMARTS) is 1. The molecule has 4 aliphatic rings. The first-order valence-electron chi connectivity index (χ1n) is 21.2. The molecule has 7 rings (SSSR count). The molecule has 0 radical (unpaired) electrons. The molecule has 0 amide bonds. The second kappa shape index (κ2) is 19.1. The van der Waals surface area contributed by atoms with E-state index in [4.69, 9.17) is 44.1 Å². The average molecular weight is 918 g/mol. The quantitative estimate of drug-likeness (QED) is 0.0697. The van der Waals surface area contributed by atoms with Gasteiger partial charge in [0.2, 0.25) is 0 Å². The lowest BCUT2D eigenvalue weighted by Gasteiger charge is -2.68. The molecule has 1 unspecified atom stereocenters. The van der Waals surface area contributed by atoms with E-state index >= 15 is 4.79 Å². The van der Waals surface area contributed by atoms with Gasteiger partial charge in [-0.25, -0.2) is 9.59 Å². The first kappa shape index (κ1) is 49.4. The molecule has 3 aliphatic carbocycles. The van der Waals surface area contributed by atoms with Crippen LogP contribution in [0.2, 0.25) is 0 Å². The number of benzene rings is 3. The Morgan fingerprint density at radius 1 is 0.894 bits per heavy atom. The van der Waals surface area contributed by atoms with Crippen LogP contribution in [0.25, 0.3) is 0 Å². The summed E-state index contributed by atoms with van der Waals surface area (Å²) in [6.45, 7) is 7.53. The highest BCUT2D eigenvalue weighted by Gasteiger charge is 2.80. The van der Waals surface area contributed by atoms with E-state index in [0.29, 0.717) is 17.9 Å².